The molecule has 1 saturated heterocycles. The number of aromatic nitrogens is 5. The third kappa shape index (κ3) is 4.83. The van der Waals surface area contributed by atoms with Gasteiger partial charge in [0, 0.05) is 29.9 Å². The Hall–Kier alpha value is -1.23. The maximum Gasteiger partial charge on any atom is 1.00 e. The number of nitrogen functional groups attached to an aromatic ring is 1. The Morgan fingerprint density at radius 1 is 1.53 bits per heavy atom. The number of nitrogens with zero attached hydrogens (tertiary/aromatic N) is 6. The average molecular weight is 521 g/mol. The number of carbonyl (C=O) groups is 2. The molecule has 11 nitrogen and oxygen atoms in total. The number of carboxylic acids is 1. The maximum absolute atomic E-state index is 12.8. The van der Waals surface area contributed by atoms with Crippen LogP contribution in [-0.2, 0) is 16.6 Å². The van der Waals surface area contributed by atoms with Crippen LogP contribution in [0.25, 0.3) is 0 Å². The molecule has 4 heterocycles. The van der Waals surface area contributed by atoms with Crippen molar-refractivity contribution in [2.75, 3.05) is 17.2 Å². The molecule has 164 valence electrons. The monoisotopic (exact) mass is 520 g/mol. The molecule has 2 aromatic rings. The number of tetrazole rings is 1. The van der Waals surface area contributed by atoms with E-state index >= 15 is 0 Å². The minimum absolute atomic E-state index is 0. The molecule has 4 rings (SSSR count). The van der Waals surface area contributed by atoms with Crippen molar-refractivity contribution in [3.63, 3.8) is 0 Å². The molecule has 3 N–H and O–H groups in total. The number of thiazole rings is 1. The number of thiocarbonyl (C=S) groups is 1. The molecule has 0 saturated carbocycles. The van der Waals surface area contributed by atoms with Crippen LogP contribution in [0.4, 0.5) is 5.13 Å². The molecule has 0 radical (unpaired) electrons. The van der Waals surface area contributed by atoms with Crippen molar-refractivity contribution in [3.05, 3.63) is 22.3 Å². The smallest absolute Gasteiger partial charge is 0.543 e. The molecule has 0 aliphatic carbocycles. The number of thioether (sulfide) groups is 2. The zero-order chi connectivity index (χ0) is 22.3. The Morgan fingerprint density at radius 3 is 2.88 bits per heavy atom. The quantitative estimate of drug-likeness (QED) is 0.160. The van der Waals surface area contributed by atoms with E-state index < -0.39 is 12.0 Å². The van der Waals surface area contributed by atoms with Crippen LogP contribution in [0.2, 0.25) is 0 Å². The number of aryl methyl sites for hydroxylation is 1. The van der Waals surface area contributed by atoms with Crippen molar-refractivity contribution in [2.45, 2.75) is 29.4 Å². The van der Waals surface area contributed by atoms with E-state index in [1.54, 1.807) is 7.05 Å². The first-order valence-corrected chi connectivity index (χ1v) is 12.3. The van der Waals surface area contributed by atoms with Gasteiger partial charge >= 0.3 is 29.6 Å². The Balaban J connectivity index is 0.00000289. The molecule has 1 fully saturated rings. The van der Waals surface area contributed by atoms with Gasteiger partial charge in [0.1, 0.15) is 11.4 Å². The van der Waals surface area contributed by atoms with Crippen LogP contribution in [-0.4, -0.2) is 69.9 Å². The van der Waals surface area contributed by atoms with Gasteiger partial charge in [-0.15, -0.1) is 28.2 Å². The number of fused-ring (bicyclic) bond motifs is 1. The first-order valence-electron chi connectivity index (χ1n) is 9.02. The fourth-order valence-electron chi connectivity index (χ4n) is 3.19. The fourth-order valence-corrected chi connectivity index (χ4v) is 6.43. The maximum atomic E-state index is 12.8. The third-order valence-electron chi connectivity index (χ3n) is 4.87. The molecule has 2 aliphatic heterocycles. The molecule has 1 amide bonds. The van der Waals surface area contributed by atoms with E-state index in [0.717, 1.165) is 5.69 Å². The zero-order valence-corrected chi connectivity index (χ0v) is 22.6. The number of rotatable bonds is 7. The van der Waals surface area contributed by atoms with Gasteiger partial charge in [0.2, 0.25) is 5.16 Å². The van der Waals surface area contributed by atoms with Gasteiger partial charge in [-0.05, 0) is 16.0 Å². The minimum atomic E-state index is -1.38. The molecule has 2 unspecified atom stereocenters. The summed E-state index contributed by atoms with van der Waals surface area (Å²) < 4.78 is 1.50. The standard InChI is InChI=1S/C16H18N8O3S4.Na/c1-6(8-5-30-15(17)18-8)11(28)19-9-12(25)24-10(14(26)27)7(3-29-13(9)24)4-31-16-20-21-22-23(16)2;/h5-6,9,13H,3-4H2,1-2H3,(H2,17,18)(H,19,28)(H,26,27);/q;+1/p-1/t6?,9?,13-;/m0./s1. The summed E-state index contributed by atoms with van der Waals surface area (Å²) in [4.78, 5) is 30.7. The number of β-lactam (4-membered cyclic amide) rings is 1. The van der Waals surface area contributed by atoms with Gasteiger partial charge in [-0.3, -0.25) is 9.69 Å². The predicted molar refractivity (Wildman–Crippen MR) is 119 cm³/mol. The van der Waals surface area contributed by atoms with Gasteiger partial charge in [-0.2, -0.15) is 0 Å². The Bertz CT molecular complexity index is 1090. The number of carboxylic acid groups (broad SMARTS) is 1. The second-order valence-electron chi connectivity index (χ2n) is 6.84. The van der Waals surface area contributed by atoms with E-state index in [1.807, 2.05) is 12.3 Å². The predicted octanol–water partition coefficient (Wildman–Crippen LogP) is -3.65. The fraction of sp³-hybridized carbons (Fsp3) is 0.438. The van der Waals surface area contributed by atoms with Gasteiger partial charge in [-0.1, -0.05) is 30.9 Å². The topological polar surface area (TPSA) is 155 Å². The van der Waals surface area contributed by atoms with Crippen LogP contribution >= 0.6 is 47.1 Å². The summed E-state index contributed by atoms with van der Waals surface area (Å²) in [7, 11) is 1.70. The van der Waals surface area contributed by atoms with E-state index in [2.05, 4.69) is 25.8 Å². The summed E-state index contributed by atoms with van der Waals surface area (Å²) in [6.07, 6.45) is 0. The number of nitrogens with one attached hydrogen (secondary N) is 1. The summed E-state index contributed by atoms with van der Waals surface area (Å²) >= 11 is 9.56. The van der Waals surface area contributed by atoms with E-state index in [9.17, 15) is 14.7 Å². The van der Waals surface area contributed by atoms with E-state index in [4.69, 9.17) is 18.0 Å². The Labute approximate surface area is 223 Å². The molecule has 2 aliphatic rings. The number of hydrogen-bond donors (Lipinski definition) is 2. The summed E-state index contributed by atoms with van der Waals surface area (Å²) in [6.45, 7) is 1.88. The molecule has 3 atom stereocenters. The van der Waals surface area contributed by atoms with Gasteiger partial charge < -0.3 is 21.0 Å². The molecule has 16 heteroatoms. The molecule has 2 aromatic heterocycles. The van der Waals surface area contributed by atoms with Crippen molar-refractivity contribution >= 4 is 69.1 Å². The second-order valence-corrected chi connectivity index (χ2v) is 10.2. The van der Waals surface area contributed by atoms with Gasteiger partial charge in [0.05, 0.1) is 22.3 Å². The minimum Gasteiger partial charge on any atom is -0.543 e. The summed E-state index contributed by atoms with van der Waals surface area (Å²) in [5.41, 5.74) is 6.92. The van der Waals surface area contributed by atoms with E-state index in [-0.39, 0.29) is 52.5 Å². The van der Waals surface area contributed by atoms with Crippen LogP contribution < -0.4 is 45.7 Å². The molecule has 0 spiro atoms. The first-order chi connectivity index (χ1) is 14.8. The number of hydrogen-bond acceptors (Lipinski definition) is 12. The number of nitrogens with two attached hydrogens (primary N) is 1. The normalized spacial score (nSPS) is 20.8. The summed E-state index contributed by atoms with van der Waals surface area (Å²) in [6, 6.07) is -0.609. The van der Waals surface area contributed by atoms with Gasteiger partial charge in [0.15, 0.2) is 5.13 Å². The zero-order valence-electron chi connectivity index (χ0n) is 17.3. The molecule has 32 heavy (non-hydrogen) atoms. The average Bonchev–Trinajstić information content (AvgIpc) is 3.36. The largest absolute Gasteiger partial charge is 1.00 e. The first kappa shape index (κ1) is 25.4. The van der Waals surface area contributed by atoms with E-state index in [1.165, 1.54) is 44.4 Å². The number of amides is 1. The summed E-state index contributed by atoms with van der Waals surface area (Å²) in [5, 5.41) is 28.6. The van der Waals surface area contributed by atoms with Crippen molar-refractivity contribution in [3.8, 4) is 0 Å². The van der Waals surface area contributed by atoms with Crippen LogP contribution in [0, 0.1) is 0 Å². The Morgan fingerprint density at radius 2 is 2.28 bits per heavy atom. The van der Waals surface area contributed by atoms with Gasteiger partial charge in [-0.25, -0.2) is 9.67 Å². The SMILES string of the molecule is CC(C(=S)NC1C(=O)N2C(C(=O)[O-])=C(CSc3nnnn3C)CS[C@@H]12)c1csc(N)n1.[Na+]. The van der Waals surface area contributed by atoms with Crippen molar-refractivity contribution in [1.29, 1.82) is 0 Å². The van der Waals surface area contributed by atoms with Crippen LogP contribution in [0.1, 0.15) is 18.5 Å². The van der Waals surface area contributed by atoms with Crippen LogP contribution in [0.5, 0.6) is 0 Å². The molecule has 0 bridgehead atoms. The Kier molecular flexibility index (Phi) is 8.22. The number of anilines is 1. The van der Waals surface area contributed by atoms with Gasteiger partial charge in [0.25, 0.3) is 5.91 Å². The van der Waals surface area contributed by atoms with Crippen molar-refractivity contribution < 1.29 is 44.3 Å². The number of aliphatic carboxylic acids is 1. The third-order valence-corrected chi connectivity index (χ3v) is 8.47. The molecular weight excluding hydrogens is 503 g/mol. The molecular formula is C16H17N8NaO3S4. The van der Waals surface area contributed by atoms with Crippen LogP contribution in [0.3, 0.4) is 0 Å². The van der Waals surface area contributed by atoms with Crippen molar-refractivity contribution in [1.82, 2.24) is 35.4 Å². The second kappa shape index (κ2) is 10.4. The number of carbonyl (C=O) groups excluding carboxylic acids is 2. The molecule has 0 aromatic carbocycles. The van der Waals surface area contributed by atoms with E-state index in [0.29, 0.717) is 32.4 Å². The van der Waals surface area contributed by atoms with Crippen molar-refractivity contribution in [2.24, 2.45) is 7.05 Å². The summed E-state index contributed by atoms with van der Waals surface area (Å²) in [5.74, 6) is -1.18. The van der Waals surface area contributed by atoms with Crippen LogP contribution in [0.15, 0.2) is 21.8 Å².